The molecule has 1 rings (SSSR count). The van der Waals surface area contributed by atoms with Crippen molar-refractivity contribution in [2.45, 2.75) is 52.2 Å². The summed E-state index contributed by atoms with van der Waals surface area (Å²) in [6, 6.07) is 2.50. The highest BCUT2D eigenvalue weighted by atomic mass is 19.1. The van der Waals surface area contributed by atoms with Crippen molar-refractivity contribution in [1.29, 1.82) is 0 Å². The molecule has 0 bridgehead atoms. The summed E-state index contributed by atoms with van der Waals surface area (Å²) >= 11 is 0. The van der Waals surface area contributed by atoms with E-state index in [4.69, 9.17) is 4.74 Å². The number of rotatable bonds is 5. The van der Waals surface area contributed by atoms with Gasteiger partial charge in [0.05, 0.1) is 5.56 Å². The lowest BCUT2D eigenvalue weighted by Gasteiger charge is -2.27. The molecule has 1 heterocycles. The Balaban J connectivity index is 2.45. The number of aromatic nitrogens is 1. The van der Waals surface area contributed by atoms with Crippen molar-refractivity contribution >= 4 is 12.0 Å². The highest BCUT2D eigenvalue weighted by molar-refractivity contribution is 5.94. The molecule has 0 aliphatic heterocycles. The predicted octanol–water partition coefficient (Wildman–Crippen LogP) is 2.64. The van der Waals surface area contributed by atoms with E-state index >= 15 is 0 Å². The van der Waals surface area contributed by atoms with E-state index in [2.05, 4.69) is 15.6 Å². The zero-order chi connectivity index (χ0) is 17.7. The number of amides is 2. The van der Waals surface area contributed by atoms with Gasteiger partial charge in [-0.1, -0.05) is 0 Å². The van der Waals surface area contributed by atoms with Gasteiger partial charge >= 0.3 is 6.09 Å². The van der Waals surface area contributed by atoms with Gasteiger partial charge in [0.25, 0.3) is 5.91 Å². The summed E-state index contributed by atoms with van der Waals surface area (Å²) in [5, 5.41) is 5.46. The molecule has 2 amide bonds. The van der Waals surface area contributed by atoms with Crippen LogP contribution in [0, 0.1) is 5.95 Å². The van der Waals surface area contributed by atoms with Gasteiger partial charge in [-0.15, -0.1) is 0 Å². The van der Waals surface area contributed by atoms with Gasteiger partial charge in [-0.25, -0.2) is 9.78 Å². The largest absolute Gasteiger partial charge is 0.444 e. The van der Waals surface area contributed by atoms with Gasteiger partial charge in [-0.3, -0.25) is 4.79 Å². The zero-order valence-electron chi connectivity index (χ0n) is 14.2. The van der Waals surface area contributed by atoms with Gasteiger partial charge in [0.2, 0.25) is 5.95 Å². The number of halogens is 1. The molecular formula is C16H24FN3O3. The summed E-state index contributed by atoms with van der Waals surface area (Å²) in [5.74, 6) is -0.984. The number of nitrogens with one attached hydrogen (secondary N) is 2. The molecular weight excluding hydrogens is 301 g/mol. The molecule has 23 heavy (non-hydrogen) atoms. The molecule has 1 aromatic heterocycles. The van der Waals surface area contributed by atoms with Crippen molar-refractivity contribution in [3.05, 3.63) is 29.8 Å². The lowest BCUT2D eigenvalue weighted by molar-refractivity contribution is 0.0524. The number of pyridine rings is 1. The molecule has 0 aliphatic carbocycles. The van der Waals surface area contributed by atoms with Crippen LogP contribution >= 0.6 is 0 Å². The van der Waals surface area contributed by atoms with E-state index in [0.29, 0.717) is 13.0 Å². The van der Waals surface area contributed by atoms with Crippen molar-refractivity contribution < 1.29 is 18.7 Å². The first-order valence-corrected chi connectivity index (χ1v) is 7.39. The number of hydrogen-bond acceptors (Lipinski definition) is 4. The lowest BCUT2D eigenvalue weighted by atomic mass is 10.00. The van der Waals surface area contributed by atoms with Crippen LogP contribution in [0.1, 0.15) is 51.4 Å². The second kappa shape index (κ2) is 7.39. The minimum atomic E-state index is -0.637. The third kappa shape index (κ3) is 7.58. The maximum absolute atomic E-state index is 12.8. The number of alkyl carbamates (subject to hydrolysis) is 1. The Bertz CT molecular complexity index is 551. The molecule has 0 fully saturated rings. The summed E-state index contributed by atoms with van der Waals surface area (Å²) in [4.78, 5) is 27.1. The predicted molar refractivity (Wildman–Crippen MR) is 84.6 cm³/mol. The van der Waals surface area contributed by atoms with Crippen LogP contribution < -0.4 is 10.6 Å². The number of carbonyl (C=O) groups is 2. The molecule has 0 saturated carbocycles. The van der Waals surface area contributed by atoms with Gasteiger partial charge in [-0.2, -0.15) is 4.39 Å². The Morgan fingerprint density at radius 3 is 2.39 bits per heavy atom. The minimum absolute atomic E-state index is 0.277. The molecule has 0 radical (unpaired) electrons. The number of nitrogens with zero attached hydrogens (tertiary/aromatic N) is 1. The van der Waals surface area contributed by atoms with E-state index in [1.54, 1.807) is 20.8 Å². The van der Waals surface area contributed by atoms with E-state index < -0.39 is 23.2 Å². The number of ether oxygens (including phenoxy) is 1. The Labute approximate surface area is 135 Å². The monoisotopic (exact) mass is 325 g/mol. The SMILES string of the molecule is CC(C)(CCNC(=O)OC(C)(C)C)NC(=O)c1ccc(F)nc1. The third-order valence-electron chi connectivity index (χ3n) is 2.86. The second-order valence-corrected chi connectivity index (χ2v) is 6.89. The fraction of sp³-hybridized carbons (Fsp3) is 0.562. The van der Waals surface area contributed by atoms with Crippen LogP contribution in [0.3, 0.4) is 0 Å². The van der Waals surface area contributed by atoms with E-state index in [-0.39, 0.29) is 11.5 Å². The van der Waals surface area contributed by atoms with Crippen molar-refractivity contribution in [2.75, 3.05) is 6.54 Å². The van der Waals surface area contributed by atoms with Crippen LogP contribution in [0.2, 0.25) is 0 Å². The minimum Gasteiger partial charge on any atom is -0.444 e. The van der Waals surface area contributed by atoms with Gasteiger partial charge in [0, 0.05) is 18.3 Å². The molecule has 128 valence electrons. The highest BCUT2D eigenvalue weighted by Gasteiger charge is 2.22. The van der Waals surface area contributed by atoms with Crippen LogP contribution in [0.15, 0.2) is 18.3 Å². The Morgan fingerprint density at radius 2 is 1.87 bits per heavy atom. The molecule has 1 aromatic rings. The summed E-state index contributed by atoms with van der Waals surface area (Å²) in [5.41, 5.74) is -0.830. The quantitative estimate of drug-likeness (QED) is 0.816. The molecule has 0 unspecified atom stereocenters. The van der Waals surface area contributed by atoms with E-state index in [1.807, 2.05) is 13.8 Å². The maximum Gasteiger partial charge on any atom is 0.407 e. The highest BCUT2D eigenvalue weighted by Crippen LogP contribution is 2.10. The fourth-order valence-corrected chi connectivity index (χ4v) is 1.74. The summed E-state index contributed by atoms with van der Waals surface area (Å²) in [6.07, 6.45) is 1.19. The summed E-state index contributed by atoms with van der Waals surface area (Å²) in [6.45, 7) is 9.37. The fourth-order valence-electron chi connectivity index (χ4n) is 1.74. The Morgan fingerprint density at radius 1 is 1.22 bits per heavy atom. The Kier molecular flexibility index (Phi) is 6.06. The molecule has 7 heteroatoms. The van der Waals surface area contributed by atoms with Crippen molar-refractivity contribution in [3.8, 4) is 0 Å². The molecule has 2 N–H and O–H groups in total. The molecule has 0 spiro atoms. The van der Waals surface area contributed by atoms with Crippen molar-refractivity contribution in [1.82, 2.24) is 15.6 Å². The first-order chi connectivity index (χ1) is 10.5. The van der Waals surface area contributed by atoms with Crippen molar-refractivity contribution in [2.24, 2.45) is 0 Å². The normalized spacial score (nSPS) is 11.7. The van der Waals surface area contributed by atoms with E-state index in [9.17, 15) is 14.0 Å². The third-order valence-corrected chi connectivity index (χ3v) is 2.86. The lowest BCUT2D eigenvalue weighted by Crippen LogP contribution is -2.46. The molecule has 0 aliphatic rings. The molecule has 0 aromatic carbocycles. The van der Waals surface area contributed by atoms with Gasteiger partial charge in [-0.05, 0) is 53.2 Å². The summed E-state index contributed by atoms with van der Waals surface area (Å²) < 4.78 is 17.9. The van der Waals surface area contributed by atoms with Crippen LogP contribution in [0.4, 0.5) is 9.18 Å². The first-order valence-electron chi connectivity index (χ1n) is 7.39. The smallest absolute Gasteiger partial charge is 0.407 e. The molecule has 0 atom stereocenters. The van der Waals surface area contributed by atoms with Gasteiger partial charge in [0.1, 0.15) is 5.60 Å². The van der Waals surface area contributed by atoms with Crippen LogP contribution in [0.25, 0.3) is 0 Å². The van der Waals surface area contributed by atoms with E-state index in [0.717, 1.165) is 6.07 Å². The molecule has 0 saturated heterocycles. The van der Waals surface area contributed by atoms with E-state index in [1.165, 1.54) is 12.3 Å². The average molecular weight is 325 g/mol. The zero-order valence-corrected chi connectivity index (χ0v) is 14.2. The van der Waals surface area contributed by atoms with Crippen LogP contribution in [-0.2, 0) is 4.74 Å². The number of carbonyl (C=O) groups excluding carboxylic acids is 2. The van der Waals surface area contributed by atoms with Crippen LogP contribution in [0.5, 0.6) is 0 Å². The first kappa shape index (κ1) is 18.9. The number of hydrogen-bond donors (Lipinski definition) is 2. The van der Waals surface area contributed by atoms with Crippen molar-refractivity contribution in [3.63, 3.8) is 0 Å². The average Bonchev–Trinajstić information content (AvgIpc) is 2.36. The summed E-state index contributed by atoms with van der Waals surface area (Å²) in [7, 11) is 0. The topological polar surface area (TPSA) is 80.3 Å². The Hall–Kier alpha value is -2.18. The maximum atomic E-state index is 12.8. The van der Waals surface area contributed by atoms with Crippen LogP contribution in [-0.4, -0.2) is 34.7 Å². The van der Waals surface area contributed by atoms with Gasteiger partial charge < -0.3 is 15.4 Å². The standard InChI is InChI=1S/C16H24FN3O3/c1-15(2,3)23-14(22)18-9-8-16(4,5)20-13(21)11-6-7-12(17)19-10-11/h6-7,10H,8-9H2,1-5H3,(H,18,22)(H,20,21). The molecule has 6 nitrogen and oxygen atoms in total. The van der Waals surface area contributed by atoms with Gasteiger partial charge in [0.15, 0.2) is 0 Å². The second-order valence-electron chi connectivity index (χ2n) is 6.89.